The summed E-state index contributed by atoms with van der Waals surface area (Å²) in [5.41, 5.74) is 12.9. The maximum absolute atomic E-state index is 11.4. The van der Waals surface area contributed by atoms with Crippen LogP contribution in [0.25, 0.3) is 0 Å². The van der Waals surface area contributed by atoms with E-state index < -0.39 is 5.91 Å². The van der Waals surface area contributed by atoms with Crippen molar-refractivity contribution in [2.24, 2.45) is 11.7 Å². The number of amides is 1. The summed E-state index contributed by atoms with van der Waals surface area (Å²) in [5, 5.41) is 3.40. The van der Waals surface area contributed by atoms with Gasteiger partial charge in [-0.15, -0.1) is 0 Å². The van der Waals surface area contributed by atoms with Gasteiger partial charge in [0.15, 0.2) is 0 Å². The zero-order valence-corrected chi connectivity index (χ0v) is 10.8. The molecule has 4 heteroatoms. The van der Waals surface area contributed by atoms with E-state index in [-0.39, 0.29) is 0 Å². The van der Waals surface area contributed by atoms with Crippen molar-refractivity contribution >= 4 is 17.3 Å². The Labute approximate surface area is 108 Å². The normalized spacial score (nSPS) is 17.6. The van der Waals surface area contributed by atoms with Gasteiger partial charge in [-0.25, -0.2) is 0 Å². The molecule has 1 amide bonds. The van der Waals surface area contributed by atoms with Gasteiger partial charge in [-0.2, -0.15) is 0 Å². The Morgan fingerprint density at radius 1 is 1.39 bits per heavy atom. The van der Waals surface area contributed by atoms with E-state index in [2.05, 4.69) is 12.2 Å². The average molecular weight is 247 g/mol. The molecule has 1 unspecified atom stereocenters. The Morgan fingerprint density at radius 3 is 2.67 bits per heavy atom. The van der Waals surface area contributed by atoms with E-state index in [0.29, 0.717) is 23.2 Å². The Bertz CT molecular complexity index is 439. The first-order chi connectivity index (χ1) is 8.58. The zero-order valence-electron chi connectivity index (χ0n) is 10.8. The molecule has 1 saturated carbocycles. The number of carbonyl (C=O) groups is 1. The van der Waals surface area contributed by atoms with E-state index in [1.54, 1.807) is 12.1 Å². The van der Waals surface area contributed by atoms with Crippen LogP contribution in [0.2, 0.25) is 0 Å². The predicted octanol–water partition coefficient (Wildman–Crippen LogP) is 2.36. The number of primary amides is 1. The van der Waals surface area contributed by atoms with Crippen LogP contribution >= 0.6 is 0 Å². The lowest BCUT2D eigenvalue weighted by Gasteiger charge is -2.22. The molecule has 1 fully saturated rings. The fourth-order valence-corrected chi connectivity index (χ4v) is 2.71. The lowest BCUT2D eigenvalue weighted by molar-refractivity contribution is 0.100. The number of nitrogens with one attached hydrogen (secondary N) is 1. The van der Waals surface area contributed by atoms with Crippen LogP contribution in [-0.2, 0) is 0 Å². The maximum atomic E-state index is 11.4. The second-order valence-electron chi connectivity index (χ2n) is 5.15. The van der Waals surface area contributed by atoms with Crippen molar-refractivity contribution in [2.75, 3.05) is 11.1 Å². The van der Waals surface area contributed by atoms with Crippen molar-refractivity contribution in [3.63, 3.8) is 0 Å². The lowest BCUT2D eigenvalue weighted by Crippen LogP contribution is -2.25. The number of nitrogens with two attached hydrogens (primary N) is 2. The second-order valence-corrected chi connectivity index (χ2v) is 5.15. The molecular weight excluding hydrogens is 226 g/mol. The van der Waals surface area contributed by atoms with E-state index in [9.17, 15) is 4.79 Å². The molecular formula is C14H21N3O. The first-order valence-corrected chi connectivity index (χ1v) is 6.54. The maximum Gasteiger partial charge on any atom is 0.250 e. The van der Waals surface area contributed by atoms with E-state index in [0.717, 1.165) is 5.69 Å². The molecule has 1 aromatic rings. The molecule has 1 aliphatic carbocycles. The molecule has 0 radical (unpaired) electrons. The average Bonchev–Trinajstić information content (AvgIpc) is 2.84. The summed E-state index contributed by atoms with van der Waals surface area (Å²) in [5.74, 6) is 0.242. The van der Waals surface area contributed by atoms with Gasteiger partial charge in [-0.3, -0.25) is 4.79 Å². The number of anilines is 2. The first kappa shape index (κ1) is 12.7. The summed E-state index contributed by atoms with van der Waals surface area (Å²) in [6.07, 6.45) is 5.13. The minimum absolute atomic E-state index is 0.356. The molecule has 0 bridgehead atoms. The van der Waals surface area contributed by atoms with Crippen LogP contribution in [0, 0.1) is 5.92 Å². The van der Waals surface area contributed by atoms with Gasteiger partial charge in [0.1, 0.15) is 0 Å². The number of hydrogen-bond acceptors (Lipinski definition) is 3. The fourth-order valence-electron chi connectivity index (χ4n) is 2.71. The largest absolute Gasteiger partial charge is 0.399 e. The summed E-state index contributed by atoms with van der Waals surface area (Å²) in [4.78, 5) is 11.4. The van der Waals surface area contributed by atoms with E-state index in [1.165, 1.54) is 25.7 Å². The summed E-state index contributed by atoms with van der Waals surface area (Å²) >= 11 is 0. The van der Waals surface area contributed by atoms with Gasteiger partial charge in [-0.1, -0.05) is 12.8 Å². The van der Waals surface area contributed by atoms with Crippen LogP contribution in [0.1, 0.15) is 43.0 Å². The molecule has 98 valence electrons. The zero-order chi connectivity index (χ0) is 13.1. The summed E-state index contributed by atoms with van der Waals surface area (Å²) in [6.45, 7) is 2.16. The molecule has 18 heavy (non-hydrogen) atoms. The summed E-state index contributed by atoms with van der Waals surface area (Å²) < 4.78 is 0. The number of hydrogen-bond donors (Lipinski definition) is 3. The molecule has 0 spiro atoms. The SMILES string of the molecule is CC(Nc1ccc(N)cc1C(N)=O)C1CCCC1. The number of nitrogen functional groups attached to an aromatic ring is 1. The molecule has 5 N–H and O–H groups in total. The highest BCUT2D eigenvalue weighted by atomic mass is 16.1. The van der Waals surface area contributed by atoms with Crippen molar-refractivity contribution in [2.45, 2.75) is 38.6 Å². The minimum atomic E-state index is -0.441. The molecule has 1 aliphatic rings. The first-order valence-electron chi connectivity index (χ1n) is 6.54. The van der Waals surface area contributed by atoms with Crippen molar-refractivity contribution < 1.29 is 4.79 Å². The Balaban J connectivity index is 2.15. The number of carbonyl (C=O) groups excluding carboxylic acids is 1. The Hall–Kier alpha value is -1.71. The minimum Gasteiger partial charge on any atom is -0.399 e. The second kappa shape index (κ2) is 5.29. The van der Waals surface area contributed by atoms with Crippen LogP contribution < -0.4 is 16.8 Å². The van der Waals surface area contributed by atoms with Crippen molar-refractivity contribution in [3.05, 3.63) is 23.8 Å². The highest BCUT2D eigenvalue weighted by molar-refractivity contribution is 5.99. The van der Waals surface area contributed by atoms with E-state index in [1.807, 2.05) is 6.07 Å². The molecule has 1 aromatic carbocycles. The van der Waals surface area contributed by atoms with Gasteiger partial charge < -0.3 is 16.8 Å². The molecule has 1 atom stereocenters. The van der Waals surface area contributed by atoms with Crippen molar-refractivity contribution in [1.29, 1.82) is 0 Å². The van der Waals surface area contributed by atoms with Crippen molar-refractivity contribution in [3.8, 4) is 0 Å². The van der Waals surface area contributed by atoms with Crippen LogP contribution in [0.15, 0.2) is 18.2 Å². The predicted molar refractivity (Wildman–Crippen MR) is 74.4 cm³/mol. The third-order valence-corrected chi connectivity index (χ3v) is 3.80. The molecule has 0 aromatic heterocycles. The van der Waals surface area contributed by atoms with Gasteiger partial charge in [0.05, 0.1) is 5.56 Å². The van der Waals surface area contributed by atoms with Gasteiger partial charge in [-0.05, 0) is 43.9 Å². The van der Waals surface area contributed by atoms with Gasteiger partial charge in [0.2, 0.25) is 0 Å². The third-order valence-electron chi connectivity index (χ3n) is 3.80. The standard InChI is InChI=1S/C14H21N3O/c1-9(10-4-2-3-5-10)17-13-7-6-11(15)8-12(13)14(16)18/h6-10,17H,2-5,15H2,1H3,(H2,16,18). The monoisotopic (exact) mass is 247 g/mol. The topological polar surface area (TPSA) is 81.1 Å². The van der Waals surface area contributed by atoms with Crippen LogP contribution in [0.4, 0.5) is 11.4 Å². The van der Waals surface area contributed by atoms with Crippen LogP contribution in [-0.4, -0.2) is 11.9 Å². The van der Waals surface area contributed by atoms with E-state index in [4.69, 9.17) is 11.5 Å². The van der Waals surface area contributed by atoms with E-state index >= 15 is 0 Å². The molecule has 4 nitrogen and oxygen atoms in total. The highest BCUT2D eigenvalue weighted by Gasteiger charge is 2.22. The summed E-state index contributed by atoms with van der Waals surface area (Å²) in [7, 11) is 0. The van der Waals surface area contributed by atoms with Crippen LogP contribution in [0.3, 0.4) is 0 Å². The van der Waals surface area contributed by atoms with Gasteiger partial charge in [0.25, 0.3) is 5.91 Å². The highest BCUT2D eigenvalue weighted by Crippen LogP contribution is 2.30. The van der Waals surface area contributed by atoms with Gasteiger partial charge >= 0.3 is 0 Å². The molecule has 2 rings (SSSR count). The number of rotatable bonds is 4. The summed E-state index contributed by atoms with van der Waals surface area (Å²) in [6, 6.07) is 5.61. The van der Waals surface area contributed by atoms with Gasteiger partial charge in [0, 0.05) is 17.4 Å². The lowest BCUT2D eigenvalue weighted by atomic mass is 9.99. The smallest absolute Gasteiger partial charge is 0.250 e. The number of benzene rings is 1. The Kier molecular flexibility index (Phi) is 3.75. The van der Waals surface area contributed by atoms with Crippen LogP contribution in [0.5, 0.6) is 0 Å². The Morgan fingerprint density at radius 2 is 2.06 bits per heavy atom. The quantitative estimate of drug-likeness (QED) is 0.714. The third kappa shape index (κ3) is 2.75. The fraction of sp³-hybridized carbons (Fsp3) is 0.500. The molecule has 0 saturated heterocycles. The molecule has 0 aliphatic heterocycles. The molecule has 0 heterocycles. The van der Waals surface area contributed by atoms with Crippen molar-refractivity contribution in [1.82, 2.24) is 0 Å².